The monoisotopic (exact) mass is 614 g/mol. The van der Waals surface area contributed by atoms with Crippen molar-refractivity contribution in [3.63, 3.8) is 0 Å². The smallest absolute Gasteiger partial charge is 0.270 e. The molecule has 1 amide bonds. The molecule has 0 N–H and O–H groups in total. The minimum absolute atomic E-state index is 0.187. The van der Waals surface area contributed by atoms with Gasteiger partial charge in [-0.05, 0) is 76.7 Å². The minimum atomic E-state index is -0.187. The molecule has 1 saturated heterocycles. The number of hydrogen-bond donors (Lipinski definition) is 0. The first kappa shape index (κ1) is 25.0. The Balaban J connectivity index is 1.58. The molecule has 0 bridgehead atoms. The highest BCUT2D eigenvalue weighted by molar-refractivity contribution is 14.1. The average Bonchev–Trinajstić information content (AvgIpc) is 3.15. The van der Waals surface area contributed by atoms with Crippen molar-refractivity contribution in [2.45, 2.75) is 6.61 Å². The normalized spacial score (nSPS) is 14.2. The number of nitrogens with zero attached hydrogens (tertiary/aromatic N) is 2. The van der Waals surface area contributed by atoms with Crippen LogP contribution in [0.15, 0.2) is 65.6 Å². The van der Waals surface area contributed by atoms with E-state index in [0.717, 1.165) is 14.7 Å². The van der Waals surface area contributed by atoms with Crippen molar-refractivity contribution in [1.82, 2.24) is 0 Å². The zero-order valence-electron chi connectivity index (χ0n) is 18.8. The number of benzene rings is 3. The second kappa shape index (κ2) is 11.1. The van der Waals surface area contributed by atoms with Crippen molar-refractivity contribution < 1.29 is 19.0 Å². The fourth-order valence-electron chi connectivity index (χ4n) is 3.44. The van der Waals surface area contributed by atoms with Crippen LogP contribution in [0.2, 0.25) is 0 Å². The number of nitriles is 1. The Labute approximate surface area is 226 Å². The molecule has 4 rings (SSSR count). The fourth-order valence-corrected chi connectivity index (χ4v) is 5.52. The van der Waals surface area contributed by atoms with Gasteiger partial charge in [-0.1, -0.05) is 42.2 Å². The predicted octanol–water partition coefficient (Wildman–Crippen LogP) is 6.16. The topological polar surface area (TPSA) is 71.8 Å². The third kappa shape index (κ3) is 5.45. The molecule has 0 spiro atoms. The summed E-state index contributed by atoms with van der Waals surface area (Å²) in [6.45, 7) is 0.232. The van der Waals surface area contributed by atoms with E-state index in [2.05, 4.69) is 28.7 Å². The SMILES string of the molecule is COc1ccc(N2C(=O)/C(=C/c3cc(I)c(OCc4ccccc4C#N)c(OC)c3)SC2=S)cc1. The van der Waals surface area contributed by atoms with Gasteiger partial charge in [0.15, 0.2) is 15.8 Å². The molecule has 3 aromatic rings. The summed E-state index contributed by atoms with van der Waals surface area (Å²) in [5, 5.41) is 9.31. The third-order valence-electron chi connectivity index (χ3n) is 5.18. The molecule has 35 heavy (non-hydrogen) atoms. The zero-order valence-corrected chi connectivity index (χ0v) is 22.6. The van der Waals surface area contributed by atoms with Crippen LogP contribution in [0, 0.1) is 14.9 Å². The Kier molecular flexibility index (Phi) is 7.95. The molecule has 0 saturated carbocycles. The maximum Gasteiger partial charge on any atom is 0.270 e. The van der Waals surface area contributed by atoms with Gasteiger partial charge in [-0.25, -0.2) is 0 Å². The van der Waals surface area contributed by atoms with E-state index in [1.54, 1.807) is 50.6 Å². The number of thiocarbonyl (C=S) groups is 1. The number of hydrogen-bond acceptors (Lipinski definition) is 7. The molecule has 0 aliphatic carbocycles. The van der Waals surface area contributed by atoms with E-state index in [0.29, 0.717) is 37.7 Å². The highest BCUT2D eigenvalue weighted by atomic mass is 127. The Morgan fingerprint density at radius 3 is 2.54 bits per heavy atom. The Morgan fingerprint density at radius 2 is 1.86 bits per heavy atom. The lowest BCUT2D eigenvalue weighted by Gasteiger charge is -2.15. The lowest BCUT2D eigenvalue weighted by atomic mass is 10.1. The van der Waals surface area contributed by atoms with E-state index in [9.17, 15) is 10.1 Å². The molecule has 0 atom stereocenters. The van der Waals surface area contributed by atoms with Gasteiger partial charge < -0.3 is 14.2 Å². The highest BCUT2D eigenvalue weighted by Crippen LogP contribution is 2.39. The molecule has 176 valence electrons. The number of anilines is 1. The van der Waals surface area contributed by atoms with Crippen molar-refractivity contribution >= 4 is 68.6 Å². The van der Waals surface area contributed by atoms with Gasteiger partial charge in [0.05, 0.1) is 40.0 Å². The first-order chi connectivity index (χ1) is 16.9. The summed E-state index contributed by atoms with van der Waals surface area (Å²) in [4.78, 5) is 15.2. The van der Waals surface area contributed by atoms with Crippen LogP contribution in [0.4, 0.5) is 5.69 Å². The minimum Gasteiger partial charge on any atom is -0.497 e. The molecule has 3 aromatic carbocycles. The lowest BCUT2D eigenvalue weighted by Crippen LogP contribution is -2.27. The first-order valence-electron chi connectivity index (χ1n) is 10.4. The second-order valence-electron chi connectivity index (χ2n) is 7.31. The molecule has 1 aliphatic rings. The average molecular weight is 614 g/mol. The van der Waals surface area contributed by atoms with Crippen LogP contribution in [-0.4, -0.2) is 24.4 Å². The van der Waals surface area contributed by atoms with Crippen molar-refractivity contribution in [2.75, 3.05) is 19.1 Å². The van der Waals surface area contributed by atoms with E-state index < -0.39 is 0 Å². The van der Waals surface area contributed by atoms with Crippen LogP contribution in [0.25, 0.3) is 6.08 Å². The van der Waals surface area contributed by atoms with E-state index >= 15 is 0 Å². The van der Waals surface area contributed by atoms with Crippen LogP contribution in [0.1, 0.15) is 16.7 Å². The molecule has 6 nitrogen and oxygen atoms in total. The van der Waals surface area contributed by atoms with Crippen molar-refractivity contribution in [3.8, 4) is 23.3 Å². The number of carbonyl (C=O) groups excluding carboxylic acids is 1. The summed E-state index contributed by atoms with van der Waals surface area (Å²) in [7, 11) is 3.16. The largest absolute Gasteiger partial charge is 0.497 e. The maximum absolute atomic E-state index is 13.1. The van der Waals surface area contributed by atoms with E-state index in [1.807, 2.05) is 30.3 Å². The lowest BCUT2D eigenvalue weighted by molar-refractivity contribution is -0.113. The molecular formula is C26H19IN2O4S2. The summed E-state index contributed by atoms with van der Waals surface area (Å²) < 4.78 is 18.1. The summed E-state index contributed by atoms with van der Waals surface area (Å²) in [6.07, 6.45) is 1.79. The Morgan fingerprint density at radius 1 is 1.11 bits per heavy atom. The molecular weight excluding hydrogens is 595 g/mol. The van der Waals surface area contributed by atoms with Crippen LogP contribution in [0.5, 0.6) is 17.2 Å². The van der Waals surface area contributed by atoms with Gasteiger partial charge in [0.2, 0.25) is 0 Å². The number of thioether (sulfide) groups is 1. The van der Waals surface area contributed by atoms with Gasteiger partial charge in [-0.15, -0.1) is 0 Å². The Bertz CT molecular complexity index is 1370. The summed E-state index contributed by atoms with van der Waals surface area (Å²) in [6, 6.07) is 20.4. The second-order valence-corrected chi connectivity index (χ2v) is 10.1. The molecule has 1 heterocycles. The number of halogens is 1. The molecule has 1 fully saturated rings. The maximum atomic E-state index is 13.1. The number of amides is 1. The van der Waals surface area contributed by atoms with Crippen LogP contribution < -0.4 is 19.1 Å². The first-order valence-corrected chi connectivity index (χ1v) is 12.7. The van der Waals surface area contributed by atoms with Crippen molar-refractivity contribution in [3.05, 3.63) is 85.8 Å². The number of methoxy groups -OCH3 is 2. The van der Waals surface area contributed by atoms with Gasteiger partial charge in [0.25, 0.3) is 5.91 Å². The molecule has 9 heteroatoms. The number of carbonyl (C=O) groups is 1. The molecule has 0 radical (unpaired) electrons. The van der Waals surface area contributed by atoms with Gasteiger partial charge in [-0.2, -0.15) is 5.26 Å². The molecule has 0 unspecified atom stereocenters. The van der Waals surface area contributed by atoms with E-state index in [4.69, 9.17) is 26.4 Å². The van der Waals surface area contributed by atoms with E-state index in [-0.39, 0.29) is 12.5 Å². The molecule has 0 aromatic heterocycles. The van der Waals surface area contributed by atoms with E-state index in [1.165, 1.54) is 16.7 Å². The van der Waals surface area contributed by atoms with Gasteiger partial charge in [0, 0.05) is 5.56 Å². The summed E-state index contributed by atoms with van der Waals surface area (Å²) in [5.74, 6) is 1.62. The van der Waals surface area contributed by atoms with Crippen LogP contribution >= 0.6 is 46.6 Å². The Hall–Kier alpha value is -3.07. The third-order valence-corrected chi connectivity index (χ3v) is 7.29. The highest BCUT2D eigenvalue weighted by Gasteiger charge is 2.33. The van der Waals surface area contributed by atoms with Crippen molar-refractivity contribution in [2.24, 2.45) is 0 Å². The summed E-state index contributed by atoms with van der Waals surface area (Å²) in [5.41, 5.74) is 2.83. The van der Waals surface area contributed by atoms with Crippen LogP contribution in [-0.2, 0) is 11.4 Å². The quantitative estimate of drug-likeness (QED) is 0.179. The fraction of sp³-hybridized carbons (Fsp3) is 0.115. The predicted molar refractivity (Wildman–Crippen MR) is 150 cm³/mol. The van der Waals surface area contributed by atoms with Crippen LogP contribution in [0.3, 0.4) is 0 Å². The van der Waals surface area contributed by atoms with Gasteiger partial charge in [-0.3, -0.25) is 9.69 Å². The standard InChI is InChI=1S/C26H19IN2O4S2/c1-31-20-9-7-19(8-10-20)29-25(30)23(35-26(29)34)13-16-11-21(27)24(22(12-16)32-2)33-15-18-6-4-3-5-17(18)14-28/h3-13H,15H2,1-2H3/b23-13-. The number of rotatable bonds is 7. The summed E-state index contributed by atoms with van der Waals surface area (Å²) >= 11 is 8.90. The van der Waals surface area contributed by atoms with Gasteiger partial charge in [0.1, 0.15) is 12.4 Å². The number of ether oxygens (including phenoxy) is 3. The van der Waals surface area contributed by atoms with Crippen molar-refractivity contribution in [1.29, 1.82) is 5.26 Å². The molecule has 1 aliphatic heterocycles. The van der Waals surface area contributed by atoms with Gasteiger partial charge >= 0.3 is 0 Å². The zero-order chi connectivity index (χ0) is 24.9.